The molecule has 0 unspecified atom stereocenters. The van der Waals surface area contributed by atoms with Crippen LogP contribution in [0.3, 0.4) is 0 Å². The van der Waals surface area contributed by atoms with E-state index in [1.807, 2.05) is 0 Å². The molecule has 0 saturated carbocycles. The largest absolute Gasteiger partial charge is 0.444 e. The molecule has 1 aromatic rings. The van der Waals surface area contributed by atoms with Crippen molar-refractivity contribution in [3.05, 3.63) is 23.9 Å². The van der Waals surface area contributed by atoms with Crippen LogP contribution in [0.5, 0.6) is 0 Å². The first-order valence-electron chi connectivity index (χ1n) is 8.31. The van der Waals surface area contributed by atoms with Crippen LogP contribution in [-0.2, 0) is 15.7 Å². The summed E-state index contributed by atoms with van der Waals surface area (Å²) in [6.07, 6.45) is -2.46. The number of anilines is 1. The van der Waals surface area contributed by atoms with Crippen molar-refractivity contribution in [2.75, 3.05) is 11.9 Å². The molecular formula is C17H22F3N3O3. The van der Waals surface area contributed by atoms with Crippen molar-refractivity contribution in [2.45, 2.75) is 57.9 Å². The number of rotatable bonds is 2. The van der Waals surface area contributed by atoms with Crippen LogP contribution in [0.4, 0.5) is 23.8 Å². The molecule has 2 rings (SSSR count). The molecule has 1 atom stereocenters. The lowest BCUT2D eigenvalue weighted by Gasteiger charge is -2.35. The third-order valence-corrected chi connectivity index (χ3v) is 3.78. The molecule has 144 valence electrons. The quantitative estimate of drug-likeness (QED) is 0.855. The molecule has 0 aliphatic carbocycles. The van der Waals surface area contributed by atoms with Gasteiger partial charge in [0.2, 0.25) is 5.91 Å². The smallest absolute Gasteiger partial charge is 0.417 e. The molecule has 0 bridgehead atoms. The molecule has 9 heteroatoms. The maximum Gasteiger partial charge on any atom is 0.417 e. The zero-order valence-electron chi connectivity index (χ0n) is 14.9. The van der Waals surface area contributed by atoms with Crippen LogP contribution in [0.2, 0.25) is 0 Å². The molecule has 1 aliphatic rings. The van der Waals surface area contributed by atoms with Crippen LogP contribution in [0.25, 0.3) is 0 Å². The molecule has 1 aromatic heterocycles. The summed E-state index contributed by atoms with van der Waals surface area (Å²) in [4.78, 5) is 29.8. The average molecular weight is 373 g/mol. The van der Waals surface area contributed by atoms with E-state index in [9.17, 15) is 22.8 Å². The number of aromatic nitrogens is 1. The molecule has 0 radical (unpaired) electrons. The third-order valence-electron chi connectivity index (χ3n) is 3.78. The molecule has 1 saturated heterocycles. The Morgan fingerprint density at radius 2 is 1.92 bits per heavy atom. The highest BCUT2D eigenvalue weighted by molar-refractivity contribution is 5.96. The topological polar surface area (TPSA) is 71.5 Å². The van der Waals surface area contributed by atoms with Crippen LogP contribution in [-0.4, -0.2) is 40.1 Å². The van der Waals surface area contributed by atoms with Crippen molar-refractivity contribution in [3.63, 3.8) is 0 Å². The van der Waals surface area contributed by atoms with E-state index in [1.165, 1.54) is 4.90 Å². The molecule has 1 N–H and O–H groups in total. The highest BCUT2D eigenvalue weighted by Gasteiger charge is 2.35. The predicted octanol–water partition coefficient (Wildman–Crippen LogP) is 3.83. The van der Waals surface area contributed by atoms with E-state index >= 15 is 0 Å². The third kappa shape index (κ3) is 5.34. The minimum atomic E-state index is -4.49. The number of pyridine rings is 1. The number of alkyl halides is 3. The van der Waals surface area contributed by atoms with Crippen molar-refractivity contribution in [1.82, 2.24) is 9.88 Å². The van der Waals surface area contributed by atoms with Crippen LogP contribution in [0.15, 0.2) is 18.3 Å². The fraction of sp³-hybridized carbons (Fsp3) is 0.588. The van der Waals surface area contributed by atoms with E-state index in [-0.39, 0.29) is 5.82 Å². The fourth-order valence-electron chi connectivity index (χ4n) is 2.59. The summed E-state index contributed by atoms with van der Waals surface area (Å²) in [5.74, 6) is -0.500. The van der Waals surface area contributed by atoms with Gasteiger partial charge in [-0.25, -0.2) is 9.78 Å². The van der Waals surface area contributed by atoms with Crippen molar-refractivity contribution >= 4 is 17.8 Å². The molecule has 26 heavy (non-hydrogen) atoms. The van der Waals surface area contributed by atoms with Crippen LogP contribution in [0, 0.1) is 0 Å². The normalized spacial score (nSPS) is 18.4. The van der Waals surface area contributed by atoms with E-state index in [1.54, 1.807) is 20.8 Å². The summed E-state index contributed by atoms with van der Waals surface area (Å²) in [6, 6.07) is 1.18. The number of likely N-dealkylation sites (tertiary alicyclic amines) is 1. The van der Waals surface area contributed by atoms with Gasteiger partial charge in [0.1, 0.15) is 17.5 Å². The number of amides is 2. The van der Waals surface area contributed by atoms with E-state index in [2.05, 4.69) is 10.3 Å². The molecular weight excluding hydrogens is 351 g/mol. The maximum atomic E-state index is 12.6. The minimum Gasteiger partial charge on any atom is -0.444 e. The van der Waals surface area contributed by atoms with E-state index < -0.39 is 35.4 Å². The maximum absolute atomic E-state index is 12.6. The second kappa shape index (κ2) is 7.51. The predicted molar refractivity (Wildman–Crippen MR) is 88.4 cm³/mol. The number of hydrogen-bond donors (Lipinski definition) is 1. The number of nitrogens with one attached hydrogen (secondary N) is 1. The second-order valence-electron chi connectivity index (χ2n) is 7.10. The van der Waals surface area contributed by atoms with Gasteiger partial charge >= 0.3 is 12.3 Å². The SMILES string of the molecule is CC(C)(C)OC(=O)N1CCCC[C@H]1C(=O)Nc1ccc(C(F)(F)F)cn1. The van der Waals surface area contributed by atoms with Gasteiger partial charge in [-0.15, -0.1) is 0 Å². The Morgan fingerprint density at radius 1 is 1.23 bits per heavy atom. The lowest BCUT2D eigenvalue weighted by atomic mass is 10.0. The molecule has 1 fully saturated rings. The number of hydrogen-bond acceptors (Lipinski definition) is 4. The Hall–Kier alpha value is -2.32. The molecule has 2 heterocycles. The molecule has 1 aliphatic heterocycles. The Balaban J connectivity index is 2.07. The van der Waals surface area contributed by atoms with Gasteiger partial charge in [-0.1, -0.05) is 0 Å². The number of carbonyl (C=O) groups excluding carboxylic acids is 2. The lowest BCUT2D eigenvalue weighted by molar-refractivity contribution is -0.137. The molecule has 0 aromatic carbocycles. The Morgan fingerprint density at radius 3 is 2.46 bits per heavy atom. The van der Waals surface area contributed by atoms with Crippen molar-refractivity contribution in [2.24, 2.45) is 0 Å². The second-order valence-corrected chi connectivity index (χ2v) is 7.10. The number of ether oxygens (including phenoxy) is 1. The van der Waals surface area contributed by atoms with E-state index in [4.69, 9.17) is 4.74 Å². The van der Waals surface area contributed by atoms with Gasteiger partial charge in [0, 0.05) is 12.7 Å². The highest BCUT2D eigenvalue weighted by Crippen LogP contribution is 2.29. The van der Waals surface area contributed by atoms with E-state index in [0.717, 1.165) is 25.0 Å². The summed E-state index contributed by atoms with van der Waals surface area (Å²) >= 11 is 0. The summed E-state index contributed by atoms with van der Waals surface area (Å²) in [5.41, 5.74) is -1.59. The minimum absolute atomic E-state index is 0.00212. The van der Waals surface area contributed by atoms with Gasteiger partial charge in [-0.2, -0.15) is 13.2 Å². The number of piperidine rings is 1. The lowest BCUT2D eigenvalue weighted by Crippen LogP contribution is -2.51. The summed E-state index contributed by atoms with van der Waals surface area (Å²) < 4.78 is 43.0. The van der Waals surface area contributed by atoms with Gasteiger partial charge in [-0.3, -0.25) is 9.69 Å². The number of halogens is 3. The molecule has 2 amide bonds. The first-order chi connectivity index (χ1) is 12.0. The molecule has 6 nitrogen and oxygen atoms in total. The Kier molecular flexibility index (Phi) is 5.77. The van der Waals surface area contributed by atoms with Crippen LogP contribution in [0.1, 0.15) is 45.6 Å². The summed E-state index contributed by atoms with van der Waals surface area (Å²) in [6.45, 7) is 5.58. The number of carbonyl (C=O) groups is 2. The van der Waals surface area contributed by atoms with Gasteiger partial charge in [0.25, 0.3) is 0 Å². The van der Waals surface area contributed by atoms with Crippen molar-refractivity contribution in [3.8, 4) is 0 Å². The first kappa shape index (κ1) is 20.0. The van der Waals surface area contributed by atoms with Gasteiger partial charge in [-0.05, 0) is 52.2 Å². The first-order valence-corrected chi connectivity index (χ1v) is 8.31. The zero-order chi connectivity index (χ0) is 19.5. The van der Waals surface area contributed by atoms with E-state index in [0.29, 0.717) is 19.2 Å². The van der Waals surface area contributed by atoms with Crippen LogP contribution < -0.4 is 5.32 Å². The van der Waals surface area contributed by atoms with Crippen LogP contribution >= 0.6 is 0 Å². The van der Waals surface area contributed by atoms with Gasteiger partial charge in [0.05, 0.1) is 5.56 Å². The average Bonchev–Trinajstić information content (AvgIpc) is 2.53. The monoisotopic (exact) mass is 373 g/mol. The standard InChI is InChI=1S/C17H22F3N3O3/c1-16(2,3)26-15(25)23-9-5-4-6-12(23)14(24)22-13-8-7-11(10-21-13)17(18,19)20/h7-8,10,12H,4-6,9H2,1-3H3,(H,21,22,24)/t12-/m0/s1. The molecule has 0 spiro atoms. The Bertz CT molecular complexity index is 654. The number of nitrogens with zero attached hydrogens (tertiary/aromatic N) is 2. The fourth-order valence-corrected chi connectivity index (χ4v) is 2.59. The summed E-state index contributed by atoms with van der Waals surface area (Å²) in [5, 5.41) is 2.47. The zero-order valence-corrected chi connectivity index (χ0v) is 14.9. The van der Waals surface area contributed by atoms with Crippen molar-refractivity contribution < 1.29 is 27.5 Å². The summed E-state index contributed by atoms with van der Waals surface area (Å²) in [7, 11) is 0. The van der Waals surface area contributed by atoms with Gasteiger partial charge < -0.3 is 10.1 Å². The highest BCUT2D eigenvalue weighted by atomic mass is 19.4. The van der Waals surface area contributed by atoms with Crippen molar-refractivity contribution in [1.29, 1.82) is 0 Å². The Labute approximate surface area is 149 Å². The van der Waals surface area contributed by atoms with Gasteiger partial charge in [0.15, 0.2) is 0 Å².